The second-order valence-electron chi connectivity index (χ2n) is 17.1. The van der Waals surface area contributed by atoms with Gasteiger partial charge in [0.2, 0.25) is 0 Å². The van der Waals surface area contributed by atoms with Crippen molar-refractivity contribution in [1.29, 1.82) is 0 Å². The van der Waals surface area contributed by atoms with Crippen molar-refractivity contribution < 1.29 is 4.42 Å². The van der Waals surface area contributed by atoms with Gasteiger partial charge in [0.15, 0.2) is 17.5 Å². The summed E-state index contributed by atoms with van der Waals surface area (Å²) in [7, 11) is 0. The molecular formula is C63H39N3O. The fourth-order valence-electron chi connectivity index (χ4n) is 9.85. The van der Waals surface area contributed by atoms with Crippen LogP contribution in [0, 0.1) is 0 Å². The maximum Gasteiger partial charge on any atom is 0.164 e. The van der Waals surface area contributed by atoms with E-state index in [4.69, 9.17) is 19.4 Å². The lowest BCUT2D eigenvalue weighted by Crippen LogP contribution is -2.01. The standard InChI is InChI=1S/C63H39N3O/c1-2-13-42(14-3-1)49-17-8-9-21-56(49)63-65-61(64-62(66-63)47-35-29-44(30-36-47)52-22-12-23-55-53-20-10-11-24-58(53)67-60(52)55)46-33-27-41(28-34-46)40-25-31-45(32-26-40)59-51-19-7-5-16-48(51)39-57-50-18-6-4-15-43(50)37-38-54(57)59/h1-39H. The third-order valence-electron chi connectivity index (χ3n) is 13.2. The molecule has 0 aliphatic carbocycles. The predicted molar refractivity (Wildman–Crippen MR) is 278 cm³/mol. The molecule has 13 rings (SSSR count). The summed E-state index contributed by atoms with van der Waals surface area (Å²) in [5.74, 6) is 1.82. The van der Waals surface area contributed by atoms with Crippen molar-refractivity contribution in [3.63, 3.8) is 0 Å². The Morgan fingerprint density at radius 3 is 1.49 bits per heavy atom. The number of nitrogens with zero attached hydrogens (tertiary/aromatic N) is 3. The average Bonchev–Trinajstić information content (AvgIpc) is 3.80. The van der Waals surface area contributed by atoms with Crippen LogP contribution in [-0.2, 0) is 0 Å². The Balaban J connectivity index is 0.876. The van der Waals surface area contributed by atoms with Crippen molar-refractivity contribution in [1.82, 2.24) is 15.0 Å². The largest absolute Gasteiger partial charge is 0.455 e. The minimum atomic E-state index is 0.602. The Hall–Kier alpha value is -8.99. The molecule has 0 aliphatic rings. The molecule has 0 amide bonds. The van der Waals surface area contributed by atoms with Crippen LogP contribution in [0.15, 0.2) is 241 Å². The van der Waals surface area contributed by atoms with Gasteiger partial charge in [-0.05, 0) is 83.4 Å². The van der Waals surface area contributed by atoms with Crippen LogP contribution in [-0.4, -0.2) is 15.0 Å². The number of hydrogen-bond donors (Lipinski definition) is 0. The zero-order valence-electron chi connectivity index (χ0n) is 36.3. The molecule has 312 valence electrons. The van der Waals surface area contributed by atoms with Gasteiger partial charge in [-0.25, -0.2) is 15.0 Å². The Bertz CT molecular complexity index is 4010. The number of hydrogen-bond acceptors (Lipinski definition) is 4. The van der Waals surface area contributed by atoms with E-state index in [-0.39, 0.29) is 0 Å². The van der Waals surface area contributed by atoms with Gasteiger partial charge in [0.05, 0.1) is 0 Å². The molecule has 0 atom stereocenters. The van der Waals surface area contributed by atoms with Crippen LogP contribution in [0.25, 0.3) is 133 Å². The third kappa shape index (κ3) is 6.74. The second kappa shape index (κ2) is 15.9. The van der Waals surface area contributed by atoms with E-state index in [1.807, 2.05) is 24.3 Å². The first-order valence-corrected chi connectivity index (χ1v) is 22.7. The van der Waals surface area contributed by atoms with Crippen LogP contribution in [0.3, 0.4) is 0 Å². The van der Waals surface area contributed by atoms with Gasteiger partial charge in [0.1, 0.15) is 11.2 Å². The monoisotopic (exact) mass is 853 g/mol. The van der Waals surface area contributed by atoms with Crippen LogP contribution in [0.5, 0.6) is 0 Å². The molecule has 11 aromatic carbocycles. The molecule has 2 aromatic heterocycles. The Morgan fingerprint density at radius 2 is 0.761 bits per heavy atom. The highest BCUT2D eigenvalue weighted by molar-refractivity contribution is 6.20. The number of furan rings is 1. The molecule has 0 aliphatic heterocycles. The highest BCUT2D eigenvalue weighted by Gasteiger charge is 2.18. The maximum absolute atomic E-state index is 6.40. The molecular weight excluding hydrogens is 815 g/mol. The van der Waals surface area contributed by atoms with Crippen LogP contribution in [0.2, 0.25) is 0 Å². The lowest BCUT2D eigenvalue weighted by molar-refractivity contribution is 0.670. The highest BCUT2D eigenvalue weighted by Crippen LogP contribution is 2.41. The van der Waals surface area contributed by atoms with E-state index in [0.29, 0.717) is 17.5 Å². The van der Waals surface area contributed by atoms with E-state index in [1.54, 1.807) is 0 Å². The Kier molecular flexibility index (Phi) is 9.14. The fourth-order valence-corrected chi connectivity index (χ4v) is 9.85. The van der Waals surface area contributed by atoms with E-state index >= 15 is 0 Å². The normalized spacial score (nSPS) is 11.6. The molecule has 0 N–H and O–H groups in total. The smallest absolute Gasteiger partial charge is 0.164 e. The summed E-state index contributed by atoms with van der Waals surface area (Å²) in [6.07, 6.45) is 0. The minimum Gasteiger partial charge on any atom is -0.455 e. The lowest BCUT2D eigenvalue weighted by Gasteiger charge is -2.14. The Labute approximate surface area is 387 Å². The van der Waals surface area contributed by atoms with Crippen LogP contribution < -0.4 is 0 Å². The summed E-state index contributed by atoms with van der Waals surface area (Å²) >= 11 is 0. The molecule has 0 saturated carbocycles. The van der Waals surface area contributed by atoms with Gasteiger partial charge in [-0.2, -0.15) is 0 Å². The molecule has 0 bridgehead atoms. The third-order valence-corrected chi connectivity index (χ3v) is 13.2. The lowest BCUT2D eigenvalue weighted by atomic mass is 9.89. The summed E-state index contributed by atoms with van der Waals surface area (Å²) in [5, 5.41) is 9.76. The van der Waals surface area contributed by atoms with E-state index in [1.165, 1.54) is 43.4 Å². The van der Waals surface area contributed by atoms with Crippen molar-refractivity contribution in [2.45, 2.75) is 0 Å². The fraction of sp³-hybridized carbons (Fsp3) is 0. The van der Waals surface area contributed by atoms with Gasteiger partial charge < -0.3 is 4.42 Å². The van der Waals surface area contributed by atoms with E-state index < -0.39 is 0 Å². The highest BCUT2D eigenvalue weighted by atomic mass is 16.3. The average molecular weight is 854 g/mol. The number of benzene rings is 11. The van der Waals surface area contributed by atoms with Gasteiger partial charge in [-0.1, -0.05) is 224 Å². The minimum absolute atomic E-state index is 0.602. The van der Waals surface area contributed by atoms with Crippen LogP contribution in [0.1, 0.15) is 0 Å². The van der Waals surface area contributed by atoms with Gasteiger partial charge >= 0.3 is 0 Å². The molecule has 13 aromatic rings. The van der Waals surface area contributed by atoms with Gasteiger partial charge in [0, 0.05) is 33.0 Å². The Morgan fingerprint density at radius 1 is 0.254 bits per heavy atom. The van der Waals surface area contributed by atoms with E-state index in [0.717, 1.165) is 72.0 Å². The molecule has 4 heteroatoms. The zero-order valence-corrected chi connectivity index (χ0v) is 36.3. The topological polar surface area (TPSA) is 51.8 Å². The van der Waals surface area contributed by atoms with E-state index in [2.05, 4.69) is 212 Å². The second-order valence-corrected chi connectivity index (χ2v) is 17.1. The van der Waals surface area contributed by atoms with Crippen molar-refractivity contribution in [3.05, 3.63) is 237 Å². The predicted octanol–water partition coefficient (Wildman–Crippen LogP) is 16.9. The van der Waals surface area contributed by atoms with Gasteiger partial charge in [-0.15, -0.1) is 0 Å². The summed E-state index contributed by atoms with van der Waals surface area (Å²) in [4.78, 5) is 15.5. The quantitative estimate of drug-likeness (QED) is 0.118. The summed E-state index contributed by atoms with van der Waals surface area (Å²) < 4.78 is 6.40. The molecule has 0 unspecified atom stereocenters. The van der Waals surface area contributed by atoms with Crippen LogP contribution >= 0.6 is 0 Å². The molecule has 0 spiro atoms. The molecule has 0 saturated heterocycles. The van der Waals surface area contributed by atoms with Gasteiger partial charge in [-0.3, -0.25) is 0 Å². The molecule has 0 fully saturated rings. The maximum atomic E-state index is 6.40. The van der Waals surface area contributed by atoms with Crippen molar-refractivity contribution >= 4 is 54.3 Å². The first-order chi connectivity index (χ1) is 33.2. The molecule has 2 heterocycles. The summed E-state index contributed by atoms with van der Waals surface area (Å²) in [5.41, 5.74) is 13.5. The first-order valence-electron chi connectivity index (χ1n) is 22.7. The molecule has 4 nitrogen and oxygen atoms in total. The van der Waals surface area contributed by atoms with E-state index in [9.17, 15) is 0 Å². The van der Waals surface area contributed by atoms with Crippen LogP contribution in [0.4, 0.5) is 0 Å². The number of rotatable bonds is 7. The summed E-state index contributed by atoms with van der Waals surface area (Å²) in [6, 6.07) is 83.5. The number of aromatic nitrogens is 3. The molecule has 0 radical (unpaired) electrons. The SMILES string of the molecule is c1ccc(-c2ccccc2-c2nc(-c3ccc(-c4ccc(-c5c6ccccc6cc6c5ccc5ccccc56)cc4)cc3)nc(-c3ccc(-c4cccc5c4oc4ccccc45)cc3)n2)cc1. The van der Waals surface area contributed by atoms with Crippen molar-refractivity contribution in [2.24, 2.45) is 0 Å². The van der Waals surface area contributed by atoms with Crippen molar-refractivity contribution in [3.8, 4) is 78.7 Å². The molecule has 67 heavy (non-hydrogen) atoms. The summed E-state index contributed by atoms with van der Waals surface area (Å²) in [6.45, 7) is 0. The first kappa shape index (κ1) is 38.5. The zero-order chi connectivity index (χ0) is 44.3. The van der Waals surface area contributed by atoms with Gasteiger partial charge in [0.25, 0.3) is 0 Å². The number of fused-ring (bicyclic) bond motifs is 7. The van der Waals surface area contributed by atoms with Crippen molar-refractivity contribution in [2.75, 3.05) is 0 Å². The number of para-hydroxylation sites is 2.